The fourth-order valence-corrected chi connectivity index (χ4v) is 3.33. The quantitative estimate of drug-likeness (QED) is 0.472. The molecule has 0 aliphatic heterocycles. The average Bonchev–Trinajstić information content (AvgIpc) is 2.95. The number of para-hydroxylation sites is 2. The lowest BCUT2D eigenvalue weighted by molar-refractivity contribution is 0.181. The molecule has 0 radical (unpaired) electrons. The Hall–Kier alpha value is -2.78. The van der Waals surface area contributed by atoms with Gasteiger partial charge in [0.1, 0.15) is 0 Å². The van der Waals surface area contributed by atoms with E-state index in [4.69, 9.17) is 0 Å². The van der Waals surface area contributed by atoms with Crippen molar-refractivity contribution in [3.05, 3.63) is 72.8 Å². The molecule has 0 spiro atoms. The van der Waals surface area contributed by atoms with Gasteiger partial charge in [-0.3, -0.25) is 10.3 Å². The van der Waals surface area contributed by atoms with Crippen LogP contribution in [0.4, 0.5) is 5.69 Å². The monoisotopic (exact) mass is 330 g/mol. The van der Waals surface area contributed by atoms with Crippen molar-refractivity contribution in [2.45, 2.75) is 26.3 Å². The van der Waals surface area contributed by atoms with Crippen molar-refractivity contribution in [1.82, 2.24) is 4.57 Å². The lowest BCUT2D eigenvalue weighted by Gasteiger charge is -2.31. The van der Waals surface area contributed by atoms with E-state index in [-0.39, 0.29) is 5.54 Å². The fourth-order valence-electron chi connectivity index (χ4n) is 3.33. The zero-order valence-electron chi connectivity index (χ0n) is 14.8. The van der Waals surface area contributed by atoms with E-state index in [0.717, 1.165) is 11.4 Å². The van der Waals surface area contributed by atoms with Crippen LogP contribution in [0.25, 0.3) is 27.5 Å². The Balaban J connectivity index is 1.90. The minimum Gasteiger partial charge on any atom is -0.309 e. The Bertz CT molecular complexity index is 986. The molecule has 25 heavy (non-hydrogen) atoms. The zero-order valence-corrected chi connectivity index (χ0v) is 14.8. The first-order valence-electron chi connectivity index (χ1n) is 8.54. The maximum absolute atomic E-state index is 10.3. The van der Waals surface area contributed by atoms with Crippen molar-refractivity contribution < 1.29 is 5.21 Å². The summed E-state index contributed by atoms with van der Waals surface area (Å²) in [5, 5.41) is 14.2. The van der Waals surface area contributed by atoms with Crippen molar-refractivity contribution in [3.8, 4) is 5.69 Å². The second-order valence-corrected chi connectivity index (χ2v) is 7.37. The molecule has 0 saturated carbocycles. The SMILES string of the molecule is CC(C)(C)N(O)c1ccc(-n2c3ccccc3c3ccccc32)cc1. The van der Waals surface area contributed by atoms with Crippen LogP contribution in [-0.4, -0.2) is 15.3 Å². The standard InChI is InChI=1S/C22H22N2O/c1-22(2,3)24(25)17-14-12-16(13-15-17)23-20-10-6-4-8-18(20)19-9-5-7-11-21(19)23/h4-15,25H,1-3H3. The zero-order chi connectivity index (χ0) is 17.6. The number of aromatic nitrogens is 1. The van der Waals surface area contributed by atoms with Gasteiger partial charge < -0.3 is 4.57 Å². The van der Waals surface area contributed by atoms with Crippen LogP contribution in [0.15, 0.2) is 72.8 Å². The van der Waals surface area contributed by atoms with Crippen LogP contribution in [0, 0.1) is 0 Å². The molecule has 3 aromatic carbocycles. The van der Waals surface area contributed by atoms with Crippen LogP contribution < -0.4 is 5.06 Å². The number of hydrogen-bond acceptors (Lipinski definition) is 2. The molecule has 0 bridgehead atoms. The Morgan fingerprint density at radius 1 is 0.720 bits per heavy atom. The highest BCUT2D eigenvalue weighted by atomic mass is 16.5. The van der Waals surface area contributed by atoms with Gasteiger partial charge in [0.15, 0.2) is 0 Å². The van der Waals surface area contributed by atoms with Crippen LogP contribution in [-0.2, 0) is 0 Å². The van der Waals surface area contributed by atoms with E-state index in [2.05, 4.69) is 65.2 Å². The fraction of sp³-hybridized carbons (Fsp3) is 0.182. The van der Waals surface area contributed by atoms with Gasteiger partial charge in [0.25, 0.3) is 0 Å². The van der Waals surface area contributed by atoms with E-state index in [1.165, 1.54) is 26.9 Å². The van der Waals surface area contributed by atoms with E-state index in [1.807, 2.05) is 32.9 Å². The highest BCUT2D eigenvalue weighted by molar-refractivity contribution is 6.09. The van der Waals surface area contributed by atoms with E-state index in [1.54, 1.807) is 0 Å². The Morgan fingerprint density at radius 3 is 1.68 bits per heavy atom. The lowest BCUT2D eigenvalue weighted by atomic mass is 10.1. The summed E-state index contributed by atoms with van der Waals surface area (Å²) in [6, 6.07) is 25.0. The van der Waals surface area contributed by atoms with Gasteiger partial charge in [0, 0.05) is 16.5 Å². The molecular formula is C22H22N2O. The van der Waals surface area contributed by atoms with Crippen molar-refractivity contribution in [3.63, 3.8) is 0 Å². The first-order chi connectivity index (χ1) is 12.0. The summed E-state index contributed by atoms with van der Waals surface area (Å²) in [7, 11) is 0. The smallest absolute Gasteiger partial charge is 0.0641 e. The molecule has 4 aromatic rings. The van der Waals surface area contributed by atoms with Crippen molar-refractivity contribution >= 4 is 27.5 Å². The summed E-state index contributed by atoms with van der Waals surface area (Å²) >= 11 is 0. The predicted molar refractivity (Wildman–Crippen MR) is 105 cm³/mol. The second-order valence-electron chi connectivity index (χ2n) is 7.37. The Labute approximate surface area is 147 Å². The van der Waals surface area contributed by atoms with Crippen LogP contribution in [0.1, 0.15) is 20.8 Å². The molecule has 0 atom stereocenters. The van der Waals surface area contributed by atoms with Gasteiger partial charge in [0.05, 0.1) is 22.3 Å². The normalized spacial score (nSPS) is 12.0. The second kappa shape index (κ2) is 5.64. The van der Waals surface area contributed by atoms with E-state index in [9.17, 15) is 5.21 Å². The Morgan fingerprint density at radius 2 is 1.20 bits per heavy atom. The molecule has 0 aliphatic rings. The summed E-state index contributed by atoms with van der Waals surface area (Å²) in [6.07, 6.45) is 0. The minimum atomic E-state index is -0.339. The third-order valence-electron chi connectivity index (χ3n) is 4.57. The van der Waals surface area contributed by atoms with Crippen molar-refractivity contribution in [2.24, 2.45) is 0 Å². The summed E-state index contributed by atoms with van der Waals surface area (Å²) in [5.41, 5.74) is 3.91. The first kappa shape index (κ1) is 15.7. The number of benzene rings is 3. The van der Waals surface area contributed by atoms with E-state index < -0.39 is 0 Å². The summed E-state index contributed by atoms with van der Waals surface area (Å²) in [5.74, 6) is 0. The molecular weight excluding hydrogens is 308 g/mol. The van der Waals surface area contributed by atoms with Gasteiger partial charge in [-0.05, 0) is 57.2 Å². The first-order valence-corrected chi connectivity index (χ1v) is 8.54. The topological polar surface area (TPSA) is 28.4 Å². The average molecular weight is 330 g/mol. The van der Waals surface area contributed by atoms with Crippen LogP contribution in [0.5, 0.6) is 0 Å². The van der Waals surface area contributed by atoms with Gasteiger partial charge in [-0.25, -0.2) is 0 Å². The highest BCUT2D eigenvalue weighted by Crippen LogP contribution is 2.32. The lowest BCUT2D eigenvalue weighted by Crippen LogP contribution is -2.38. The van der Waals surface area contributed by atoms with Crippen LogP contribution >= 0.6 is 0 Å². The van der Waals surface area contributed by atoms with Crippen molar-refractivity contribution in [1.29, 1.82) is 0 Å². The molecule has 0 unspecified atom stereocenters. The molecule has 0 fully saturated rings. The number of nitrogens with zero attached hydrogens (tertiary/aromatic N) is 2. The van der Waals surface area contributed by atoms with Crippen LogP contribution in [0.2, 0.25) is 0 Å². The summed E-state index contributed by atoms with van der Waals surface area (Å²) in [6.45, 7) is 5.94. The van der Waals surface area contributed by atoms with E-state index in [0.29, 0.717) is 0 Å². The molecule has 0 amide bonds. The number of hydroxylamine groups is 1. The molecule has 1 N–H and O–H groups in total. The number of hydrogen-bond donors (Lipinski definition) is 1. The van der Waals surface area contributed by atoms with E-state index >= 15 is 0 Å². The minimum absolute atomic E-state index is 0.339. The van der Waals surface area contributed by atoms with Crippen LogP contribution in [0.3, 0.4) is 0 Å². The van der Waals surface area contributed by atoms with Gasteiger partial charge in [0.2, 0.25) is 0 Å². The number of rotatable bonds is 2. The predicted octanol–water partition coefficient (Wildman–Crippen LogP) is 5.78. The summed E-state index contributed by atoms with van der Waals surface area (Å²) in [4.78, 5) is 0. The highest BCUT2D eigenvalue weighted by Gasteiger charge is 2.20. The molecule has 1 aromatic heterocycles. The molecule has 0 saturated heterocycles. The van der Waals surface area contributed by atoms with Gasteiger partial charge in [-0.2, -0.15) is 0 Å². The third kappa shape index (κ3) is 2.57. The third-order valence-corrected chi connectivity index (χ3v) is 4.57. The molecule has 3 nitrogen and oxygen atoms in total. The molecule has 0 aliphatic carbocycles. The summed E-state index contributed by atoms with van der Waals surface area (Å²) < 4.78 is 2.27. The molecule has 1 heterocycles. The maximum atomic E-state index is 10.3. The van der Waals surface area contributed by atoms with Gasteiger partial charge in [-0.1, -0.05) is 36.4 Å². The number of anilines is 1. The van der Waals surface area contributed by atoms with Gasteiger partial charge in [-0.15, -0.1) is 0 Å². The van der Waals surface area contributed by atoms with Gasteiger partial charge >= 0.3 is 0 Å². The largest absolute Gasteiger partial charge is 0.309 e. The molecule has 3 heteroatoms. The maximum Gasteiger partial charge on any atom is 0.0641 e. The number of fused-ring (bicyclic) bond motifs is 3. The molecule has 126 valence electrons. The van der Waals surface area contributed by atoms with Crippen molar-refractivity contribution in [2.75, 3.05) is 5.06 Å². The Kier molecular flexibility index (Phi) is 3.55. The molecule has 4 rings (SSSR count).